The highest BCUT2D eigenvalue weighted by atomic mass is 35.5. The summed E-state index contributed by atoms with van der Waals surface area (Å²) in [6, 6.07) is 2.89. The molecule has 2 rings (SSSR count). The van der Waals surface area contributed by atoms with E-state index >= 15 is 0 Å². The number of aromatic nitrogens is 2. The zero-order valence-corrected chi connectivity index (χ0v) is 11.8. The van der Waals surface area contributed by atoms with E-state index < -0.39 is 18.6 Å². The molecule has 1 aromatic rings. The Hall–Kier alpha value is -1.41. The number of nitrogens with one attached hydrogen (secondary N) is 1. The molecule has 1 aromatic heterocycles. The fourth-order valence-corrected chi connectivity index (χ4v) is 2.34. The molecule has 1 unspecified atom stereocenters. The van der Waals surface area contributed by atoms with Gasteiger partial charge in [-0.3, -0.25) is 9.69 Å². The molecular formula is C12H14ClF3N4O. The molecule has 1 N–H and O–H groups in total. The maximum absolute atomic E-state index is 12.3. The Balaban J connectivity index is 1.76. The van der Waals surface area contributed by atoms with E-state index in [1.807, 2.05) is 0 Å². The van der Waals surface area contributed by atoms with Crippen LogP contribution in [0.3, 0.4) is 0 Å². The third-order valence-electron chi connectivity index (χ3n) is 3.19. The lowest BCUT2D eigenvalue weighted by Gasteiger charge is -2.17. The molecular weight excluding hydrogens is 309 g/mol. The molecule has 5 nitrogen and oxygen atoms in total. The maximum atomic E-state index is 12.3. The van der Waals surface area contributed by atoms with Crippen LogP contribution in [0, 0.1) is 5.92 Å². The van der Waals surface area contributed by atoms with E-state index in [2.05, 4.69) is 15.5 Å². The van der Waals surface area contributed by atoms with Gasteiger partial charge >= 0.3 is 6.18 Å². The van der Waals surface area contributed by atoms with Crippen molar-refractivity contribution in [2.45, 2.75) is 12.6 Å². The van der Waals surface area contributed by atoms with Gasteiger partial charge in [0, 0.05) is 13.1 Å². The van der Waals surface area contributed by atoms with Crippen molar-refractivity contribution in [2.24, 2.45) is 5.92 Å². The van der Waals surface area contributed by atoms with Crippen molar-refractivity contribution in [3.8, 4) is 0 Å². The Morgan fingerprint density at radius 2 is 2.19 bits per heavy atom. The summed E-state index contributed by atoms with van der Waals surface area (Å²) in [5, 5.41) is 10.0. The zero-order valence-electron chi connectivity index (χ0n) is 11.0. The van der Waals surface area contributed by atoms with Gasteiger partial charge in [0.25, 0.3) is 5.91 Å². The van der Waals surface area contributed by atoms with Crippen LogP contribution >= 0.6 is 11.6 Å². The molecule has 1 saturated heterocycles. The van der Waals surface area contributed by atoms with Crippen molar-refractivity contribution in [3.63, 3.8) is 0 Å². The second-order valence-electron chi connectivity index (χ2n) is 4.96. The largest absolute Gasteiger partial charge is 0.401 e. The SMILES string of the molecule is O=C(NCC1CCN(CC(F)(F)F)C1)c1ccc(Cl)nn1. The molecule has 0 radical (unpaired) electrons. The van der Waals surface area contributed by atoms with Crippen molar-refractivity contribution < 1.29 is 18.0 Å². The lowest BCUT2D eigenvalue weighted by atomic mass is 10.1. The predicted octanol–water partition coefficient (Wildman–Crippen LogP) is 1.74. The third-order valence-corrected chi connectivity index (χ3v) is 3.39. The van der Waals surface area contributed by atoms with Crippen LogP contribution in [0.2, 0.25) is 5.15 Å². The van der Waals surface area contributed by atoms with Gasteiger partial charge in [0.05, 0.1) is 6.54 Å². The minimum atomic E-state index is -4.18. The molecule has 1 aliphatic heterocycles. The Bertz CT molecular complexity index is 494. The van der Waals surface area contributed by atoms with Gasteiger partial charge in [-0.15, -0.1) is 10.2 Å². The van der Waals surface area contributed by atoms with Crippen LogP contribution in [-0.4, -0.2) is 53.4 Å². The number of halogens is 4. The van der Waals surface area contributed by atoms with Gasteiger partial charge in [-0.05, 0) is 31.0 Å². The number of hydrogen-bond donors (Lipinski definition) is 1. The van der Waals surface area contributed by atoms with Crippen molar-refractivity contribution in [2.75, 3.05) is 26.2 Å². The number of rotatable bonds is 4. The Labute approximate surface area is 124 Å². The van der Waals surface area contributed by atoms with E-state index in [0.717, 1.165) is 0 Å². The molecule has 1 amide bonds. The Morgan fingerprint density at radius 3 is 2.81 bits per heavy atom. The van der Waals surface area contributed by atoms with Crippen molar-refractivity contribution in [1.29, 1.82) is 0 Å². The van der Waals surface area contributed by atoms with Crippen LogP contribution in [0.25, 0.3) is 0 Å². The normalized spacial score (nSPS) is 19.7. The summed E-state index contributed by atoms with van der Waals surface area (Å²) in [4.78, 5) is 13.1. The molecule has 1 fully saturated rings. The smallest absolute Gasteiger partial charge is 0.350 e. The molecule has 1 atom stereocenters. The number of likely N-dealkylation sites (tertiary alicyclic amines) is 1. The summed E-state index contributed by atoms with van der Waals surface area (Å²) in [5.74, 6) is -0.398. The molecule has 0 saturated carbocycles. The molecule has 0 bridgehead atoms. The second kappa shape index (κ2) is 6.57. The molecule has 0 aromatic carbocycles. The molecule has 1 aliphatic rings. The van der Waals surface area contributed by atoms with Crippen molar-refractivity contribution in [3.05, 3.63) is 23.0 Å². The minimum absolute atomic E-state index is 0.0107. The van der Waals surface area contributed by atoms with Crippen LogP contribution in [-0.2, 0) is 0 Å². The number of carbonyl (C=O) groups excluding carboxylic acids is 1. The van der Waals surface area contributed by atoms with E-state index in [1.165, 1.54) is 17.0 Å². The van der Waals surface area contributed by atoms with Gasteiger partial charge in [-0.1, -0.05) is 11.6 Å². The van der Waals surface area contributed by atoms with Crippen LogP contribution in [0.1, 0.15) is 16.9 Å². The zero-order chi connectivity index (χ0) is 15.5. The van der Waals surface area contributed by atoms with E-state index in [4.69, 9.17) is 11.6 Å². The average Bonchev–Trinajstić information content (AvgIpc) is 2.82. The van der Waals surface area contributed by atoms with Gasteiger partial charge in [0.15, 0.2) is 10.8 Å². The monoisotopic (exact) mass is 322 g/mol. The highest BCUT2D eigenvalue weighted by Gasteiger charge is 2.34. The highest BCUT2D eigenvalue weighted by Crippen LogP contribution is 2.22. The molecule has 0 aliphatic carbocycles. The third kappa shape index (κ3) is 5.13. The van der Waals surface area contributed by atoms with Crippen molar-refractivity contribution in [1.82, 2.24) is 20.4 Å². The summed E-state index contributed by atoms with van der Waals surface area (Å²) in [6.07, 6.45) is -3.56. The Kier molecular flexibility index (Phi) is 5.00. The first kappa shape index (κ1) is 16.0. The highest BCUT2D eigenvalue weighted by molar-refractivity contribution is 6.29. The molecule has 21 heavy (non-hydrogen) atoms. The fourth-order valence-electron chi connectivity index (χ4n) is 2.24. The summed E-state index contributed by atoms with van der Waals surface area (Å²) >= 11 is 5.56. The summed E-state index contributed by atoms with van der Waals surface area (Å²) in [6.45, 7) is 0.129. The van der Waals surface area contributed by atoms with E-state index in [-0.39, 0.29) is 16.8 Å². The number of amides is 1. The second-order valence-corrected chi connectivity index (χ2v) is 5.34. The van der Waals surface area contributed by atoms with Crippen LogP contribution in [0.4, 0.5) is 13.2 Å². The van der Waals surface area contributed by atoms with Crippen molar-refractivity contribution >= 4 is 17.5 Å². The first-order chi connectivity index (χ1) is 9.83. The standard InChI is InChI=1S/C12H14ClF3N4O/c13-10-2-1-9(18-19-10)11(21)17-5-8-3-4-20(6-8)7-12(14,15)16/h1-2,8H,3-7H2,(H,17,21). The van der Waals surface area contributed by atoms with E-state index in [1.54, 1.807) is 0 Å². The van der Waals surface area contributed by atoms with Crippen LogP contribution < -0.4 is 5.32 Å². The summed E-state index contributed by atoms with van der Waals surface area (Å²) < 4.78 is 36.8. The number of carbonyl (C=O) groups is 1. The first-order valence-corrected chi connectivity index (χ1v) is 6.78. The number of nitrogens with zero attached hydrogens (tertiary/aromatic N) is 3. The van der Waals surface area contributed by atoms with Gasteiger partial charge in [-0.2, -0.15) is 13.2 Å². The fraction of sp³-hybridized carbons (Fsp3) is 0.583. The Morgan fingerprint density at radius 1 is 1.43 bits per heavy atom. The lowest BCUT2D eigenvalue weighted by molar-refractivity contribution is -0.143. The first-order valence-electron chi connectivity index (χ1n) is 6.40. The summed E-state index contributed by atoms with van der Waals surface area (Å²) in [7, 11) is 0. The van der Waals surface area contributed by atoms with Crippen LogP contribution in [0.5, 0.6) is 0 Å². The minimum Gasteiger partial charge on any atom is -0.350 e. The molecule has 116 valence electrons. The van der Waals surface area contributed by atoms with Gasteiger partial charge in [0.1, 0.15) is 0 Å². The van der Waals surface area contributed by atoms with Gasteiger partial charge < -0.3 is 5.32 Å². The summed E-state index contributed by atoms with van der Waals surface area (Å²) in [5.41, 5.74) is 0.129. The van der Waals surface area contributed by atoms with Crippen LogP contribution in [0.15, 0.2) is 12.1 Å². The molecule has 9 heteroatoms. The van der Waals surface area contributed by atoms with E-state index in [0.29, 0.717) is 26.1 Å². The number of alkyl halides is 3. The average molecular weight is 323 g/mol. The molecule has 2 heterocycles. The van der Waals surface area contributed by atoms with E-state index in [9.17, 15) is 18.0 Å². The number of hydrogen-bond acceptors (Lipinski definition) is 4. The lowest BCUT2D eigenvalue weighted by Crippen LogP contribution is -2.35. The topological polar surface area (TPSA) is 58.1 Å². The molecule has 0 spiro atoms. The van der Waals surface area contributed by atoms with Gasteiger partial charge in [0.2, 0.25) is 0 Å². The quantitative estimate of drug-likeness (QED) is 0.917. The predicted molar refractivity (Wildman–Crippen MR) is 70.0 cm³/mol. The maximum Gasteiger partial charge on any atom is 0.401 e. The van der Waals surface area contributed by atoms with Gasteiger partial charge in [-0.25, -0.2) is 0 Å².